The number of ether oxygens (including phenoxy) is 4. The average Bonchev–Trinajstić information content (AvgIpc) is 0.914. The van der Waals surface area contributed by atoms with E-state index in [-0.39, 0.29) is 25.7 Å². The Morgan fingerprint density at radius 2 is 0.447 bits per heavy atom. The van der Waals surface area contributed by atoms with Gasteiger partial charge in [-0.3, -0.25) is 37.3 Å². The highest BCUT2D eigenvalue weighted by Gasteiger charge is 2.30. The number of phosphoric acid groups is 2. The van der Waals surface area contributed by atoms with Gasteiger partial charge >= 0.3 is 39.5 Å². The van der Waals surface area contributed by atoms with Crippen LogP contribution in [0.25, 0.3) is 0 Å². The lowest BCUT2D eigenvalue weighted by Crippen LogP contribution is -2.30. The number of aliphatic hydroxyl groups excluding tert-OH is 1. The molecule has 0 saturated heterocycles. The third-order valence-electron chi connectivity index (χ3n) is 19.7. The number of rotatable bonds is 83. The number of esters is 4. The fourth-order valence-corrected chi connectivity index (χ4v) is 14.6. The fraction of sp³-hybridized carbons (Fsp3) is 0.952. The lowest BCUT2D eigenvalue weighted by molar-refractivity contribution is -0.161. The van der Waals surface area contributed by atoms with E-state index in [0.717, 1.165) is 102 Å². The number of carbonyl (C=O) groups is 4. The zero-order valence-electron chi connectivity index (χ0n) is 67.6. The van der Waals surface area contributed by atoms with Crippen LogP contribution in [0.1, 0.15) is 446 Å². The molecule has 5 atom stereocenters. The third-order valence-corrected chi connectivity index (χ3v) is 21.6. The van der Waals surface area contributed by atoms with Crippen LogP contribution in [0.2, 0.25) is 0 Å². The summed E-state index contributed by atoms with van der Waals surface area (Å²) in [5.74, 6) is -0.596. The van der Waals surface area contributed by atoms with Crippen LogP contribution < -0.4 is 0 Å². The van der Waals surface area contributed by atoms with Gasteiger partial charge in [0.05, 0.1) is 26.4 Å². The molecule has 0 rings (SSSR count). The Hall–Kier alpha value is -1.94. The van der Waals surface area contributed by atoms with E-state index in [1.165, 1.54) is 263 Å². The van der Waals surface area contributed by atoms with Gasteiger partial charge in [0.1, 0.15) is 19.3 Å². The number of unbranched alkanes of at least 4 members (excludes halogenated alkanes) is 53. The lowest BCUT2D eigenvalue weighted by atomic mass is 10.0. The molecule has 0 amide bonds. The maximum absolute atomic E-state index is 13.1. The zero-order valence-corrected chi connectivity index (χ0v) is 69.4. The van der Waals surface area contributed by atoms with Crippen molar-refractivity contribution in [1.82, 2.24) is 0 Å². The Balaban J connectivity index is 5.23. The molecule has 103 heavy (non-hydrogen) atoms. The maximum Gasteiger partial charge on any atom is 0.472 e. The number of aliphatic hydroxyl groups is 1. The summed E-state index contributed by atoms with van der Waals surface area (Å²) in [6, 6.07) is 0. The van der Waals surface area contributed by atoms with Crippen LogP contribution in [0.3, 0.4) is 0 Å². The highest BCUT2D eigenvalue weighted by atomic mass is 31.2. The Morgan fingerprint density at radius 1 is 0.262 bits per heavy atom. The van der Waals surface area contributed by atoms with Gasteiger partial charge in [0.15, 0.2) is 12.2 Å². The van der Waals surface area contributed by atoms with Gasteiger partial charge in [0.25, 0.3) is 0 Å². The summed E-state index contributed by atoms with van der Waals surface area (Å²) in [5, 5.41) is 10.7. The molecule has 0 aromatic rings. The molecule has 3 N–H and O–H groups in total. The van der Waals surface area contributed by atoms with E-state index >= 15 is 0 Å². The van der Waals surface area contributed by atoms with Crippen LogP contribution in [0.5, 0.6) is 0 Å². The van der Waals surface area contributed by atoms with Crippen LogP contribution in [-0.4, -0.2) is 96.7 Å². The highest BCUT2D eigenvalue weighted by Crippen LogP contribution is 2.45. The van der Waals surface area contributed by atoms with Crippen molar-refractivity contribution in [2.24, 2.45) is 11.8 Å². The Labute approximate surface area is 632 Å². The smallest absolute Gasteiger partial charge is 0.462 e. The predicted octanol–water partition coefficient (Wildman–Crippen LogP) is 25.5. The summed E-state index contributed by atoms with van der Waals surface area (Å²) >= 11 is 0. The van der Waals surface area contributed by atoms with Crippen molar-refractivity contribution in [3.8, 4) is 0 Å². The molecule has 0 aliphatic carbocycles. The van der Waals surface area contributed by atoms with Gasteiger partial charge in [0.2, 0.25) is 0 Å². The van der Waals surface area contributed by atoms with Crippen molar-refractivity contribution in [3.63, 3.8) is 0 Å². The molecule has 0 radical (unpaired) electrons. The van der Waals surface area contributed by atoms with Crippen molar-refractivity contribution >= 4 is 39.5 Å². The first-order valence-electron chi connectivity index (χ1n) is 43.5. The minimum Gasteiger partial charge on any atom is -0.462 e. The molecule has 2 unspecified atom stereocenters. The van der Waals surface area contributed by atoms with E-state index in [0.29, 0.717) is 25.7 Å². The van der Waals surface area contributed by atoms with E-state index in [9.17, 15) is 43.2 Å². The molecule has 0 aliphatic heterocycles. The van der Waals surface area contributed by atoms with Crippen molar-refractivity contribution < 1.29 is 80.2 Å². The standard InChI is InChI=1S/C84H164O17P2/c1-7-9-11-13-15-17-19-21-23-24-25-26-27-28-29-31-33-37-43-50-56-62-68-83(88)100-79(72-94-81(86)66-60-54-48-42-36-32-30-22-20-18-16-14-12-10-8-2)74-98-102(90,91)96-70-78(85)71-97-103(92,93)99-75-80(73-95-82(87)67-61-55-49-45-39-41-47-53-59-65-77(5)6)101-84(89)69-63-57-51-44-38-34-35-40-46-52-58-64-76(3)4/h76-80,85H,7-75H2,1-6H3,(H,90,91)(H,92,93)/t78-,79-,80-/m1/s1. The van der Waals surface area contributed by atoms with Gasteiger partial charge in [0, 0.05) is 25.7 Å². The molecule has 0 saturated carbocycles. The molecule has 0 aromatic heterocycles. The summed E-state index contributed by atoms with van der Waals surface area (Å²) in [6.45, 7) is 9.64. The molecule has 19 heteroatoms. The number of phosphoric ester groups is 2. The van der Waals surface area contributed by atoms with Crippen LogP contribution in [0, 0.1) is 11.8 Å². The Kier molecular flexibility index (Phi) is 74.1. The first-order chi connectivity index (χ1) is 49.9. The van der Waals surface area contributed by atoms with E-state index in [4.69, 9.17) is 37.0 Å². The molecule has 0 aliphatic rings. The van der Waals surface area contributed by atoms with Gasteiger partial charge in [-0.2, -0.15) is 0 Å². The van der Waals surface area contributed by atoms with Gasteiger partial charge in [-0.15, -0.1) is 0 Å². The van der Waals surface area contributed by atoms with Gasteiger partial charge in [-0.1, -0.05) is 395 Å². The summed E-state index contributed by atoms with van der Waals surface area (Å²) in [7, 11) is -9.92. The molecule has 0 heterocycles. The second-order valence-corrected chi connectivity index (χ2v) is 34.1. The number of hydrogen-bond acceptors (Lipinski definition) is 15. The van der Waals surface area contributed by atoms with Crippen LogP contribution >= 0.6 is 15.6 Å². The molecule has 0 bridgehead atoms. The number of hydrogen-bond donors (Lipinski definition) is 3. The summed E-state index contributed by atoms with van der Waals surface area (Å²) in [4.78, 5) is 73.1. The molecule has 0 aromatic carbocycles. The van der Waals surface area contributed by atoms with Gasteiger partial charge in [-0.25, -0.2) is 9.13 Å². The van der Waals surface area contributed by atoms with Crippen molar-refractivity contribution in [3.05, 3.63) is 0 Å². The Morgan fingerprint density at radius 3 is 0.660 bits per heavy atom. The SMILES string of the molecule is CCCCCCCCCCCCCCCCCCCCCCCCC(=O)O[C@H](COC(=O)CCCCCCCCCCCCCCCCC)COP(=O)(O)OC[C@@H](O)COP(=O)(O)OC[C@@H](COC(=O)CCCCCCCCCCCC(C)C)OC(=O)CCCCCCCCCCCCCC(C)C. The van der Waals surface area contributed by atoms with Crippen molar-refractivity contribution in [2.75, 3.05) is 39.6 Å². The summed E-state index contributed by atoms with van der Waals surface area (Å²) < 4.78 is 68.8. The third kappa shape index (κ3) is 78.0. The van der Waals surface area contributed by atoms with E-state index in [1.807, 2.05) is 0 Å². The second kappa shape index (κ2) is 75.5. The minimum atomic E-state index is -4.96. The van der Waals surface area contributed by atoms with Gasteiger partial charge < -0.3 is 33.8 Å². The van der Waals surface area contributed by atoms with Crippen molar-refractivity contribution in [1.29, 1.82) is 0 Å². The maximum atomic E-state index is 13.1. The molecule has 0 spiro atoms. The monoisotopic (exact) mass is 1510 g/mol. The second-order valence-electron chi connectivity index (χ2n) is 31.2. The summed E-state index contributed by atoms with van der Waals surface area (Å²) in [5.41, 5.74) is 0. The highest BCUT2D eigenvalue weighted by molar-refractivity contribution is 7.47. The topological polar surface area (TPSA) is 237 Å². The Bertz CT molecular complexity index is 1980. The molecular weight excluding hydrogens is 1340 g/mol. The van der Waals surface area contributed by atoms with Crippen LogP contribution in [0.4, 0.5) is 0 Å². The van der Waals surface area contributed by atoms with Crippen molar-refractivity contribution in [2.45, 2.75) is 464 Å². The van der Waals surface area contributed by atoms with Crippen LogP contribution in [0.15, 0.2) is 0 Å². The lowest BCUT2D eigenvalue weighted by Gasteiger charge is -2.21. The minimum absolute atomic E-state index is 0.106. The normalized spacial score (nSPS) is 13.9. The molecule has 17 nitrogen and oxygen atoms in total. The summed E-state index contributed by atoms with van der Waals surface area (Å²) in [6.07, 6.45) is 66.7. The first kappa shape index (κ1) is 101. The van der Waals surface area contributed by atoms with E-state index < -0.39 is 97.5 Å². The average molecular weight is 1510 g/mol. The quantitative estimate of drug-likeness (QED) is 0.0222. The zero-order chi connectivity index (χ0) is 75.6. The fourth-order valence-electron chi connectivity index (χ4n) is 13.1. The van der Waals surface area contributed by atoms with E-state index in [2.05, 4.69) is 41.5 Å². The van der Waals surface area contributed by atoms with E-state index in [1.54, 1.807) is 0 Å². The van der Waals surface area contributed by atoms with Crippen LogP contribution in [-0.2, 0) is 65.4 Å². The molecule has 0 fully saturated rings. The predicted molar refractivity (Wildman–Crippen MR) is 423 cm³/mol. The molecule has 612 valence electrons. The largest absolute Gasteiger partial charge is 0.472 e. The number of carbonyl (C=O) groups excluding carboxylic acids is 4. The first-order valence-corrected chi connectivity index (χ1v) is 46.5. The van der Waals surface area contributed by atoms with Gasteiger partial charge in [-0.05, 0) is 37.5 Å². The molecular formula is C84H164O17P2.